The number of carbonyl (C=O) groups is 1. The lowest BCUT2D eigenvalue weighted by atomic mass is 9.70. The third kappa shape index (κ3) is 4.12. The van der Waals surface area contributed by atoms with Gasteiger partial charge >= 0.3 is 5.97 Å². The molecule has 5 heteroatoms. The lowest BCUT2D eigenvalue weighted by Crippen LogP contribution is -2.35. The third-order valence-electron chi connectivity index (χ3n) is 4.31. The average molecular weight is 308 g/mol. The van der Waals surface area contributed by atoms with E-state index in [0.717, 1.165) is 12.8 Å². The van der Waals surface area contributed by atoms with Crippen LogP contribution >= 0.6 is 0 Å². The van der Waals surface area contributed by atoms with Crippen molar-refractivity contribution in [1.29, 1.82) is 0 Å². The van der Waals surface area contributed by atoms with E-state index in [1.165, 1.54) is 18.6 Å². The molecule has 0 spiro atoms. The summed E-state index contributed by atoms with van der Waals surface area (Å²) < 4.78 is 14.0. The minimum Gasteiger partial charge on any atom is -0.481 e. The second-order valence-electron chi connectivity index (χ2n) is 7.36. The number of nitrogen functional groups attached to an aromatic ring is 1. The van der Waals surface area contributed by atoms with Gasteiger partial charge in [-0.15, -0.1) is 0 Å². The highest BCUT2D eigenvalue weighted by molar-refractivity contribution is 5.74. The molecule has 0 aromatic heterocycles. The van der Waals surface area contributed by atoms with Gasteiger partial charge in [0.1, 0.15) is 5.82 Å². The molecular weight excluding hydrogens is 283 g/mol. The van der Waals surface area contributed by atoms with E-state index in [1.807, 2.05) is 0 Å². The third-order valence-corrected chi connectivity index (χ3v) is 4.31. The van der Waals surface area contributed by atoms with Crippen LogP contribution in [-0.4, -0.2) is 17.1 Å². The summed E-state index contributed by atoms with van der Waals surface area (Å²) in [6, 6.07) is 2.99. The van der Waals surface area contributed by atoms with Gasteiger partial charge < -0.3 is 16.2 Å². The van der Waals surface area contributed by atoms with Crippen molar-refractivity contribution in [2.75, 3.05) is 11.1 Å². The highest BCUT2D eigenvalue weighted by atomic mass is 19.1. The lowest BCUT2D eigenvalue weighted by molar-refractivity contribution is -0.136. The molecule has 1 saturated carbocycles. The van der Waals surface area contributed by atoms with Crippen LogP contribution in [0.3, 0.4) is 0 Å². The number of benzene rings is 1. The molecule has 2 atom stereocenters. The van der Waals surface area contributed by atoms with Crippen molar-refractivity contribution in [1.82, 2.24) is 0 Å². The minimum atomic E-state index is -1.07. The molecule has 0 amide bonds. The van der Waals surface area contributed by atoms with Crippen molar-refractivity contribution < 1.29 is 14.3 Å². The van der Waals surface area contributed by atoms with Gasteiger partial charge in [-0.1, -0.05) is 20.8 Å². The Morgan fingerprint density at radius 3 is 2.73 bits per heavy atom. The van der Waals surface area contributed by atoms with Crippen LogP contribution in [0.15, 0.2) is 12.1 Å². The Kier molecular flexibility index (Phi) is 4.63. The summed E-state index contributed by atoms with van der Waals surface area (Å²) in [5, 5.41) is 12.1. The number of aliphatic carboxylic acids is 1. The zero-order valence-electron chi connectivity index (χ0n) is 13.4. The summed E-state index contributed by atoms with van der Waals surface area (Å²) in [5.74, 6) is -0.984. The van der Waals surface area contributed by atoms with Crippen molar-refractivity contribution in [3.05, 3.63) is 23.5 Å². The fourth-order valence-electron chi connectivity index (χ4n) is 3.74. The van der Waals surface area contributed by atoms with Crippen LogP contribution in [0.2, 0.25) is 0 Å². The Morgan fingerprint density at radius 2 is 2.14 bits per heavy atom. The maximum Gasteiger partial charge on any atom is 0.307 e. The van der Waals surface area contributed by atoms with Gasteiger partial charge in [0.25, 0.3) is 0 Å². The summed E-state index contributed by atoms with van der Waals surface area (Å²) in [4.78, 5) is 10.7. The topological polar surface area (TPSA) is 75.3 Å². The van der Waals surface area contributed by atoms with Crippen LogP contribution < -0.4 is 11.1 Å². The molecule has 0 heterocycles. The molecule has 1 aliphatic rings. The van der Waals surface area contributed by atoms with Gasteiger partial charge in [0, 0.05) is 11.6 Å². The van der Waals surface area contributed by atoms with Gasteiger partial charge in [0.05, 0.1) is 17.8 Å². The number of anilines is 2. The van der Waals surface area contributed by atoms with Crippen LogP contribution in [0.5, 0.6) is 0 Å². The predicted molar refractivity (Wildman–Crippen MR) is 86.4 cm³/mol. The quantitative estimate of drug-likeness (QED) is 0.742. The van der Waals surface area contributed by atoms with Crippen molar-refractivity contribution in [2.24, 2.45) is 11.3 Å². The largest absolute Gasteiger partial charge is 0.481 e. The van der Waals surface area contributed by atoms with Gasteiger partial charge in [0.2, 0.25) is 0 Å². The summed E-state index contributed by atoms with van der Waals surface area (Å²) in [6.07, 6.45) is 2.87. The van der Waals surface area contributed by atoms with E-state index < -0.39 is 11.8 Å². The van der Waals surface area contributed by atoms with Crippen LogP contribution in [0, 0.1) is 17.2 Å². The van der Waals surface area contributed by atoms with E-state index in [0.29, 0.717) is 17.3 Å². The fourth-order valence-corrected chi connectivity index (χ4v) is 3.74. The number of hydrogen-bond acceptors (Lipinski definition) is 3. The minimum absolute atomic E-state index is 0.118. The number of carboxylic acids is 1. The molecule has 1 aliphatic carbocycles. The van der Waals surface area contributed by atoms with Crippen molar-refractivity contribution in [2.45, 2.75) is 52.5 Å². The van der Waals surface area contributed by atoms with E-state index in [4.69, 9.17) is 10.8 Å². The lowest BCUT2D eigenvalue weighted by Gasteiger charge is -2.39. The first-order valence-corrected chi connectivity index (χ1v) is 7.72. The zero-order chi connectivity index (χ0) is 16.5. The number of nitrogens with one attached hydrogen (secondary N) is 1. The zero-order valence-corrected chi connectivity index (χ0v) is 13.4. The molecule has 1 fully saturated rings. The molecule has 2 rings (SSSR count). The standard InChI is InChI=1S/C17H25FN2O2/c1-10-4-12(9-17(2,3)8-10)20-15-7-13(18)11(5-14(15)19)6-16(21)22/h5,7,10,12,20H,4,6,8-9,19H2,1-3H3,(H,21,22)/t10-,12+/m0/s1. The Balaban J connectivity index is 2.16. The SMILES string of the molecule is C[C@H]1C[C@@H](Nc2cc(F)c(CC(=O)O)cc2N)CC(C)(C)C1. The highest BCUT2D eigenvalue weighted by Crippen LogP contribution is 2.40. The summed E-state index contributed by atoms with van der Waals surface area (Å²) in [6.45, 7) is 6.73. The summed E-state index contributed by atoms with van der Waals surface area (Å²) >= 11 is 0. The smallest absolute Gasteiger partial charge is 0.307 e. The van der Waals surface area contributed by atoms with E-state index in [-0.39, 0.29) is 23.4 Å². The maximum absolute atomic E-state index is 14.0. The van der Waals surface area contributed by atoms with Crippen LogP contribution in [0.25, 0.3) is 0 Å². The van der Waals surface area contributed by atoms with E-state index in [9.17, 15) is 9.18 Å². The van der Waals surface area contributed by atoms with Crippen molar-refractivity contribution in [3.8, 4) is 0 Å². The Bertz CT molecular complexity index is 572. The first kappa shape index (κ1) is 16.6. The Labute approximate surface area is 130 Å². The molecule has 4 nitrogen and oxygen atoms in total. The molecule has 1 aromatic rings. The van der Waals surface area contributed by atoms with Gasteiger partial charge in [0.15, 0.2) is 0 Å². The van der Waals surface area contributed by atoms with Gasteiger partial charge in [-0.25, -0.2) is 4.39 Å². The van der Waals surface area contributed by atoms with Gasteiger partial charge in [-0.05, 0) is 42.7 Å². The number of nitrogens with two attached hydrogens (primary N) is 1. The van der Waals surface area contributed by atoms with Crippen molar-refractivity contribution in [3.63, 3.8) is 0 Å². The van der Waals surface area contributed by atoms with Crippen LogP contribution in [0.1, 0.15) is 45.6 Å². The molecule has 1 aromatic carbocycles. The summed E-state index contributed by atoms with van der Waals surface area (Å²) in [7, 11) is 0. The van der Waals surface area contributed by atoms with Gasteiger partial charge in [-0.2, -0.15) is 0 Å². The predicted octanol–water partition coefficient (Wildman–Crippen LogP) is 3.66. The second kappa shape index (κ2) is 6.15. The Morgan fingerprint density at radius 1 is 1.45 bits per heavy atom. The maximum atomic E-state index is 14.0. The van der Waals surface area contributed by atoms with Crippen molar-refractivity contribution >= 4 is 17.3 Å². The van der Waals surface area contributed by atoms with E-state index in [1.54, 1.807) is 0 Å². The average Bonchev–Trinajstić information content (AvgIpc) is 2.32. The van der Waals surface area contributed by atoms with Crippen LogP contribution in [-0.2, 0) is 11.2 Å². The molecule has 4 N–H and O–H groups in total. The first-order chi connectivity index (χ1) is 10.2. The van der Waals surface area contributed by atoms with Crippen LogP contribution in [0.4, 0.5) is 15.8 Å². The molecule has 0 aliphatic heterocycles. The summed E-state index contributed by atoms with van der Waals surface area (Å²) in [5.41, 5.74) is 7.29. The van der Waals surface area contributed by atoms with Gasteiger partial charge in [-0.3, -0.25) is 4.79 Å². The normalized spacial score (nSPS) is 24.0. The molecule has 122 valence electrons. The van der Waals surface area contributed by atoms with E-state index in [2.05, 4.69) is 26.1 Å². The molecule has 0 unspecified atom stereocenters. The monoisotopic (exact) mass is 308 g/mol. The molecular formula is C17H25FN2O2. The molecule has 0 saturated heterocycles. The first-order valence-electron chi connectivity index (χ1n) is 7.72. The molecule has 22 heavy (non-hydrogen) atoms. The highest BCUT2D eigenvalue weighted by Gasteiger charge is 2.32. The van der Waals surface area contributed by atoms with E-state index >= 15 is 0 Å². The molecule has 0 radical (unpaired) electrons. The number of hydrogen-bond donors (Lipinski definition) is 3. The Hall–Kier alpha value is -1.78. The molecule has 0 bridgehead atoms. The fraction of sp³-hybridized carbons (Fsp3) is 0.588. The number of carboxylic acid groups (broad SMARTS) is 1. The number of halogens is 1. The number of rotatable bonds is 4. The second-order valence-corrected chi connectivity index (χ2v) is 7.36.